The zero-order valence-corrected chi connectivity index (χ0v) is 17.2. The van der Waals surface area contributed by atoms with Gasteiger partial charge in [-0.2, -0.15) is 5.10 Å². The fourth-order valence-corrected chi connectivity index (χ4v) is 3.45. The van der Waals surface area contributed by atoms with Gasteiger partial charge in [-0.15, -0.1) is 0 Å². The molecular formula is C21H21FN4O2S. The molecule has 1 N–H and O–H groups in total. The average molecular weight is 412 g/mol. The molecule has 0 aliphatic carbocycles. The highest BCUT2D eigenvalue weighted by Gasteiger charge is 2.18. The maximum absolute atomic E-state index is 13.2. The number of amides is 2. The van der Waals surface area contributed by atoms with E-state index in [2.05, 4.69) is 10.4 Å². The van der Waals surface area contributed by atoms with Crippen LogP contribution in [0.2, 0.25) is 0 Å². The van der Waals surface area contributed by atoms with Gasteiger partial charge in [0.1, 0.15) is 5.82 Å². The molecule has 0 radical (unpaired) electrons. The lowest BCUT2D eigenvalue weighted by molar-refractivity contribution is 0.102. The van der Waals surface area contributed by atoms with E-state index in [-0.39, 0.29) is 17.0 Å². The van der Waals surface area contributed by atoms with Crippen molar-refractivity contribution in [3.8, 4) is 5.69 Å². The van der Waals surface area contributed by atoms with Crippen molar-refractivity contribution in [2.75, 3.05) is 19.4 Å². The monoisotopic (exact) mass is 412 g/mol. The second kappa shape index (κ2) is 8.91. The van der Waals surface area contributed by atoms with Crippen molar-refractivity contribution in [2.45, 2.75) is 18.2 Å². The van der Waals surface area contributed by atoms with Crippen LogP contribution in [0.5, 0.6) is 0 Å². The zero-order chi connectivity index (χ0) is 21.0. The number of carbonyl (C=O) groups is 2. The summed E-state index contributed by atoms with van der Waals surface area (Å²) in [6.45, 7) is 1.93. The minimum absolute atomic E-state index is 0.0951. The number of aromatic nitrogens is 2. The smallest absolute Gasteiger partial charge is 0.285 e. The third kappa shape index (κ3) is 4.83. The van der Waals surface area contributed by atoms with Crippen molar-refractivity contribution < 1.29 is 14.0 Å². The van der Waals surface area contributed by atoms with Gasteiger partial charge in [0, 0.05) is 24.7 Å². The quantitative estimate of drug-likeness (QED) is 0.622. The van der Waals surface area contributed by atoms with E-state index in [4.69, 9.17) is 0 Å². The van der Waals surface area contributed by atoms with Crippen molar-refractivity contribution in [1.29, 1.82) is 0 Å². The summed E-state index contributed by atoms with van der Waals surface area (Å²) in [4.78, 5) is 26.9. The van der Waals surface area contributed by atoms with E-state index in [0.29, 0.717) is 23.4 Å². The molecule has 3 rings (SSSR count). The van der Waals surface area contributed by atoms with Crippen LogP contribution in [-0.4, -0.2) is 39.9 Å². The van der Waals surface area contributed by atoms with E-state index >= 15 is 0 Å². The first kappa shape index (κ1) is 20.6. The van der Waals surface area contributed by atoms with Gasteiger partial charge in [0.2, 0.25) is 0 Å². The van der Waals surface area contributed by atoms with Crippen LogP contribution in [0.4, 0.5) is 14.9 Å². The molecule has 0 saturated heterocycles. The topological polar surface area (TPSA) is 67.2 Å². The zero-order valence-electron chi connectivity index (χ0n) is 16.3. The van der Waals surface area contributed by atoms with Crippen molar-refractivity contribution in [3.63, 3.8) is 0 Å². The number of anilines is 1. The number of hydrogen-bond acceptors (Lipinski definition) is 4. The summed E-state index contributed by atoms with van der Waals surface area (Å²) in [5.41, 5.74) is 2.44. The van der Waals surface area contributed by atoms with E-state index in [1.807, 2.05) is 13.0 Å². The number of hydrogen-bond donors (Lipinski definition) is 1. The summed E-state index contributed by atoms with van der Waals surface area (Å²) in [5, 5.41) is 7.07. The molecule has 2 aromatic carbocycles. The minimum Gasteiger partial charge on any atom is -0.339 e. The van der Waals surface area contributed by atoms with Gasteiger partial charge in [-0.05, 0) is 60.6 Å². The molecule has 150 valence electrons. The number of rotatable bonds is 5. The number of benzene rings is 2. The lowest BCUT2D eigenvalue weighted by Crippen LogP contribution is -2.16. The van der Waals surface area contributed by atoms with Gasteiger partial charge in [-0.3, -0.25) is 9.59 Å². The number of halogens is 1. The van der Waals surface area contributed by atoms with Crippen LogP contribution in [0.1, 0.15) is 23.0 Å². The largest absolute Gasteiger partial charge is 0.339 e. The minimum atomic E-state index is -0.331. The van der Waals surface area contributed by atoms with Gasteiger partial charge >= 0.3 is 0 Å². The van der Waals surface area contributed by atoms with Crippen molar-refractivity contribution >= 4 is 28.6 Å². The summed E-state index contributed by atoms with van der Waals surface area (Å²) in [6.07, 6.45) is 2.08. The summed E-state index contributed by atoms with van der Waals surface area (Å²) in [5.74, 6) is -0.626. The summed E-state index contributed by atoms with van der Waals surface area (Å²) >= 11 is 1.09. The highest BCUT2D eigenvalue weighted by Crippen LogP contribution is 2.24. The Labute approximate surface area is 172 Å². The maximum atomic E-state index is 13.2. The first-order valence-electron chi connectivity index (χ1n) is 9.02. The Morgan fingerprint density at radius 1 is 1.17 bits per heavy atom. The van der Waals surface area contributed by atoms with E-state index < -0.39 is 0 Å². The van der Waals surface area contributed by atoms with Crippen LogP contribution in [-0.2, 0) is 6.42 Å². The molecule has 0 aliphatic rings. The Kier molecular flexibility index (Phi) is 6.33. The molecule has 0 fully saturated rings. The highest BCUT2D eigenvalue weighted by molar-refractivity contribution is 8.13. The van der Waals surface area contributed by atoms with Crippen LogP contribution in [0.25, 0.3) is 5.69 Å². The molecule has 0 atom stereocenters. The van der Waals surface area contributed by atoms with E-state index in [1.165, 1.54) is 23.2 Å². The number of carbonyl (C=O) groups excluding carboxylic acids is 2. The molecule has 6 nitrogen and oxygen atoms in total. The molecule has 0 bridgehead atoms. The van der Waals surface area contributed by atoms with Crippen molar-refractivity contribution in [1.82, 2.24) is 14.7 Å². The molecule has 0 aliphatic heterocycles. The third-order valence-electron chi connectivity index (χ3n) is 4.18. The predicted molar refractivity (Wildman–Crippen MR) is 112 cm³/mol. The molecule has 3 aromatic rings. The first-order valence-corrected chi connectivity index (χ1v) is 9.84. The van der Waals surface area contributed by atoms with E-state index in [9.17, 15) is 14.0 Å². The van der Waals surface area contributed by atoms with E-state index in [0.717, 1.165) is 22.4 Å². The molecule has 1 heterocycles. The fourth-order valence-electron chi connectivity index (χ4n) is 2.74. The SMILES string of the molecule is CCc1c(C(=O)Nc2cccc(SC(=O)N(C)C)c2)cnn1-c1ccc(F)cc1. The van der Waals surface area contributed by atoms with Crippen LogP contribution < -0.4 is 5.32 Å². The Bertz CT molecular complexity index is 1030. The lowest BCUT2D eigenvalue weighted by Gasteiger charge is -2.11. The van der Waals surface area contributed by atoms with Crippen molar-refractivity contribution in [2.24, 2.45) is 0 Å². The average Bonchev–Trinajstić information content (AvgIpc) is 3.13. The molecule has 0 saturated carbocycles. The molecule has 0 unspecified atom stereocenters. The predicted octanol–water partition coefficient (Wildman–Crippen LogP) is 4.60. The normalized spacial score (nSPS) is 10.6. The van der Waals surface area contributed by atoms with Gasteiger partial charge < -0.3 is 10.2 Å². The molecule has 0 spiro atoms. The van der Waals surface area contributed by atoms with Crippen LogP contribution in [0, 0.1) is 5.82 Å². The third-order valence-corrected chi connectivity index (χ3v) is 5.21. The number of thioether (sulfide) groups is 1. The Morgan fingerprint density at radius 3 is 2.55 bits per heavy atom. The second-order valence-electron chi connectivity index (χ2n) is 6.49. The molecule has 29 heavy (non-hydrogen) atoms. The van der Waals surface area contributed by atoms with Gasteiger partial charge in [0.15, 0.2) is 0 Å². The van der Waals surface area contributed by atoms with Gasteiger partial charge in [0.05, 0.1) is 23.1 Å². The van der Waals surface area contributed by atoms with Gasteiger partial charge in [-0.1, -0.05) is 13.0 Å². The molecule has 8 heteroatoms. The Morgan fingerprint density at radius 2 is 1.90 bits per heavy atom. The lowest BCUT2D eigenvalue weighted by atomic mass is 10.2. The summed E-state index contributed by atoms with van der Waals surface area (Å²) in [7, 11) is 3.37. The van der Waals surface area contributed by atoms with Crippen LogP contribution in [0.3, 0.4) is 0 Å². The van der Waals surface area contributed by atoms with E-state index in [1.54, 1.807) is 49.1 Å². The fraction of sp³-hybridized carbons (Fsp3) is 0.190. The van der Waals surface area contributed by atoms with Crippen LogP contribution >= 0.6 is 11.8 Å². The molecule has 1 aromatic heterocycles. The Balaban J connectivity index is 1.81. The summed E-state index contributed by atoms with van der Waals surface area (Å²) < 4.78 is 14.8. The molecule has 2 amide bonds. The number of nitrogens with zero attached hydrogens (tertiary/aromatic N) is 3. The summed E-state index contributed by atoms with van der Waals surface area (Å²) in [6, 6.07) is 13.0. The standard InChI is InChI=1S/C21H21FN4O2S/c1-4-19-18(13-23-26(19)16-10-8-14(22)9-11-16)20(27)24-15-6-5-7-17(12-15)29-21(28)25(2)3/h5-13H,4H2,1-3H3,(H,24,27). The van der Waals surface area contributed by atoms with Gasteiger partial charge in [0.25, 0.3) is 11.1 Å². The first-order chi connectivity index (χ1) is 13.9. The number of nitrogens with one attached hydrogen (secondary N) is 1. The Hall–Kier alpha value is -3.13. The van der Waals surface area contributed by atoms with Crippen LogP contribution in [0.15, 0.2) is 59.6 Å². The van der Waals surface area contributed by atoms with Crippen molar-refractivity contribution in [3.05, 3.63) is 71.8 Å². The molecular weight excluding hydrogens is 391 g/mol. The second-order valence-corrected chi connectivity index (χ2v) is 7.52. The highest BCUT2D eigenvalue weighted by atomic mass is 32.2. The van der Waals surface area contributed by atoms with Gasteiger partial charge in [-0.25, -0.2) is 9.07 Å². The maximum Gasteiger partial charge on any atom is 0.285 e.